The first-order valence-corrected chi connectivity index (χ1v) is 7.22. The average Bonchev–Trinajstić information content (AvgIpc) is 2.84. The molecule has 1 amide bonds. The molecule has 0 unspecified atom stereocenters. The number of aromatic amines is 1. The third-order valence-corrected chi connectivity index (χ3v) is 3.30. The zero-order valence-electron chi connectivity index (χ0n) is 12.2. The van der Waals surface area contributed by atoms with E-state index < -0.39 is 0 Å². The molecule has 0 radical (unpaired) electrons. The summed E-state index contributed by atoms with van der Waals surface area (Å²) >= 11 is 0. The Morgan fingerprint density at radius 1 is 1.25 bits per heavy atom. The number of nitrogens with one attached hydrogen (secondary N) is 3. The molecule has 0 saturated heterocycles. The Hall–Kier alpha value is -1.81. The molecule has 2 aromatic rings. The predicted molar refractivity (Wildman–Crippen MR) is 82.8 cm³/mol. The highest BCUT2D eigenvalue weighted by atomic mass is 16.1. The van der Waals surface area contributed by atoms with Crippen molar-refractivity contribution in [3.05, 3.63) is 36.0 Å². The number of hydrogen-bond acceptors (Lipinski definition) is 2. The molecule has 0 saturated carbocycles. The van der Waals surface area contributed by atoms with Gasteiger partial charge >= 0.3 is 0 Å². The van der Waals surface area contributed by atoms with Gasteiger partial charge in [0.2, 0.25) is 5.91 Å². The van der Waals surface area contributed by atoms with E-state index in [2.05, 4.69) is 41.6 Å². The molecular formula is C16H23N3O. The van der Waals surface area contributed by atoms with E-state index in [4.69, 9.17) is 0 Å². The van der Waals surface area contributed by atoms with Crippen molar-refractivity contribution in [3.63, 3.8) is 0 Å². The minimum Gasteiger partial charge on any atom is -0.361 e. The van der Waals surface area contributed by atoms with Gasteiger partial charge in [-0.05, 0) is 18.1 Å². The van der Waals surface area contributed by atoms with Gasteiger partial charge in [-0.15, -0.1) is 0 Å². The first-order chi connectivity index (χ1) is 9.66. The maximum atomic E-state index is 11.8. The van der Waals surface area contributed by atoms with Crippen LogP contribution in [-0.4, -0.2) is 30.0 Å². The van der Waals surface area contributed by atoms with Crippen LogP contribution in [0.15, 0.2) is 30.5 Å². The number of carbonyl (C=O) groups is 1. The second-order valence-electron chi connectivity index (χ2n) is 5.32. The maximum absolute atomic E-state index is 11.8. The Balaban J connectivity index is 1.76. The summed E-state index contributed by atoms with van der Waals surface area (Å²) in [5, 5.41) is 7.42. The lowest BCUT2D eigenvalue weighted by Gasteiger charge is -2.09. The molecule has 108 valence electrons. The standard InChI is InChI=1S/C16H23N3O/c1-12(2)17-9-10-18-16(20)8-7-13-11-19-15-6-4-3-5-14(13)15/h3-6,11-12,17,19H,7-10H2,1-2H3,(H,18,20). The van der Waals surface area contributed by atoms with Gasteiger partial charge in [0.15, 0.2) is 0 Å². The molecule has 0 atom stereocenters. The summed E-state index contributed by atoms with van der Waals surface area (Å²) in [4.78, 5) is 15.0. The normalized spacial score (nSPS) is 11.2. The molecule has 0 spiro atoms. The van der Waals surface area contributed by atoms with E-state index in [0.717, 1.165) is 18.5 Å². The van der Waals surface area contributed by atoms with Crippen LogP contribution in [0.5, 0.6) is 0 Å². The van der Waals surface area contributed by atoms with Crippen LogP contribution < -0.4 is 10.6 Å². The van der Waals surface area contributed by atoms with Crippen LogP contribution >= 0.6 is 0 Å². The zero-order valence-corrected chi connectivity index (χ0v) is 12.2. The number of rotatable bonds is 7. The summed E-state index contributed by atoms with van der Waals surface area (Å²) in [6.07, 6.45) is 3.30. The van der Waals surface area contributed by atoms with Crippen molar-refractivity contribution in [2.24, 2.45) is 0 Å². The molecule has 1 heterocycles. The molecule has 3 N–H and O–H groups in total. The van der Waals surface area contributed by atoms with Crippen LogP contribution in [0.25, 0.3) is 10.9 Å². The van der Waals surface area contributed by atoms with E-state index in [1.54, 1.807) is 0 Å². The van der Waals surface area contributed by atoms with E-state index in [0.29, 0.717) is 19.0 Å². The van der Waals surface area contributed by atoms with E-state index in [1.807, 2.05) is 18.3 Å². The Bertz CT molecular complexity index is 560. The van der Waals surface area contributed by atoms with Crippen molar-refractivity contribution in [2.75, 3.05) is 13.1 Å². The molecule has 0 fully saturated rings. The van der Waals surface area contributed by atoms with Gasteiger partial charge < -0.3 is 15.6 Å². The van der Waals surface area contributed by atoms with Crippen molar-refractivity contribution in [2.45, 2.75) is 32.7 Å². The maximum Gasteiger partial charge on any atom is 0.220 e. The SMILES string of the molecule is CC(C)NCCNC(=O)CCc1c[nH]c2ccccc12. The number of amides is 1. The third-order valence-electron chi connectivity index (χ3n) is 3.30. The van der Waals surface area contributed by atoms with Crippen LogP contribution in [0.1, 0.15) is 25.8 Å². The fourth-order valence-electron chi connectivity index (χ4n) is 2.24. The van der Waals surface area contributed by atoms with Gasteiger partial charge in [0.25, 0.3) is 0 Å². The second kappa shape index (κ2) is 7.10. The van der Waals surface area contributed by atoms with Gasteiger partial charge in [-0.1, -0.05) is 32.0 Å². The van der Waals surface area contributed by atoms with Crippen LogP contribution in [0.4, 0.5) is 0 Å². The van der Waals surface area contributed by atoms with Gasteiger partial charge in [0.05, 0.1) is 0 Å². The molecule has 0 aliphatic carbocycles. The van der Waals surface area contributed by atoms with Gasteiger partial charge in [-0.2, -0.15) is 0 Å². The number of aromatic nitrogens is 1. The molecule has 1 aromatic carbocycles. The highest BCUT2D eigenvalue weighted by Gasteiger charge is 2.06. The van der Waals surface area contributed by atoms with Crippen LogP contribution in [0, 0.1) is 0 Å². The lowest BCUT2D eigenvalue weighted by molar-refractivity contribution is -0.121. The summed E-state index contributed by atoms with van der Waals surface area (Å²) in [6.45, 7) is 5.69. The number of aryl methyl sites for hydroxylation is 1. The second-order valence-corrected chi connectivity index (χ2v) is 5.32. The minimum absolute atomic E-state index is 0.112. The van der Waals surface area contributed by atoms with Gasteiger partial charge in [0.1, 0.15) is 0 Å². The first-order valence-electron chi connectivity index (χ1n) is 7.22. The Morgan fingerprint density at radius 3 is 2.85 bits per heavy atom. The van der Waals surface area contributed by atoms with Crippen molar-refractivity contribution in [1.82, 2.24) is 15.6 Å². The minimum atomic E-state index is 0.112. The predicted octanol–water partition coefficient (Wildman–Crippen LogP) is 2.21. The van der Waals surface area contributed by atoms with Crippen LogP contribution in [-0.2, 0) is 11.2 Å². The summed E-state index contributed by atoms with van der Waals surface area (Å²) in [6, 6.07) is 8.63. The number of H-pyrrole nitrogens is 1. The quantitative estimate of drug-likeness (QED) is 0.677. The topological polar surface area (TPSA) is 56.9 Å². The Labute approximate surface area is 120 Å². The molecule has 4 nitrogen and oxygen atoms in total. The van der Waals surface area contributed by atoms with Gasteiger partial charge in [-0.3, -0.25) is 4.79 Å². The summed E-state index contributed by atoms with van der Waals surface area (Å²) in [5.41, 5.74) is 2.33. The van der Waals surface area contributed by atoms with Crippen LogP contribution in [0.2, 0.25) is 0 Å². The molecule has 2 rings (SSSR count). The van der Waals surface area contributed by atoms with Crippen molar-refractivity contribution >= 4 is 16.8 Å². The van der Waals surface area contributed by atoms with Gasteiger partial charge in [-0.25, -0.2) is 0 Å². The number of para-hydroxylation sites is 1. The summed E-state index contributed by atoms with van der Waals surface area (Å²) < 4.78 is 0. The molecule has 4 heteroatoms. The van der Waals surface area contributed by atoms with E-state index in [-0.39, 0.29) is 5.91 Å². The summed E-state index contributed by atoms with van der Waals surface area (Å²) in [7, 11) is 0. The fraction of sp³-hybridized carbons (Fsp3) is 0.438. The van der Waals surface area contributed by atoms with E-state index in [1.165, 1.54) is 10.9 Å². The lowest BCUT2D eigenvalue weighted by Crippen LogP contribution is -2.34. The highest BCUT2D eigenvalue weighted by molar-refractivity contribution is 5.84. The summed E-state index contributed by atoms with van der Waals surface area (Å²) in [5.74, 6) is 0.112. The number of fused-ring (bicyclic) bond motifs is 1. The van der Waals surface area contributed by atoms with Crippen molar-refractivity contribution in [3.8, 4) is 0 Å². The number of carbonyl (C=O) groups excluding carboxylic acids is 1. The fourth-order valence-corrected chi connectivity index (χ4v) is 2.24. The highest BCUT2D eigenvalue weighted by Crippen LogP contribution is 2.18. The van der Waals surface area contributed by atoms with Crippen LogP contribution in [0.3, 0.4) is 0 Å². The van der Waals surface area contributed by atoms with Crippen molar-refractivity contribution in [1.29, 1.82) is 0 Å². The third kappa shape index (κ3) is 4.10. The lowest BCUT2D eigenvalue weighted by atomic mass is 10.1. The van der Waals surface area contributed by atoms with Crippen molar-refractivity contribution < 1.29 is 4.79 Å². The largest absolute Gasteiger partial charge is 0.361 e. The first kappa shape index (κ1) is 14.6. The molecule has 1 aromatic heterocycles. The molecular weight excluding hydrogens is 250 g/mol. The zero-order chi connectivity index (χ0) is 14.4. The van der Waals surface area contributed by atoms with Gasteiger partial charge in [0, 0.05) is 42.7 Å². The number of hydrogen-bond donors (Lipinski definition) is 3. The monoisotopic (exact) mass is 273 g/mol. The van der Waals surface area contributed by atoms with E-state index >= 15 is 0 Å². The van der Waals surface area contributed by atoms with E-state index in [9.17, 15) is 4.79 Å². The smallest absolute Gasteiger partial charge is 0.220 e. The average molecular weight is 273 g/mol. The Kier molecular flexibility index (Phi) is 5.18. The number of benzene rings is 1. The molecule has 20 heavy (non-hydrogen) atoms. The molecule has 0 aliphatic rings. The molecule has 0 bridgehead atoms. The molecule has 0 aliphatic heterocycles. The Morgan fingerprint density at radius 2 is 2.05 bits per heavy atom.